The molecular formula is C24H36OS. The lowest BCUT2D eigenvalue weighted by atomic mass is 9.93. The molecule has 26 heavy (non-hydrogen) atoms. The first-order valence-corrected chi connectivity index (χ1v) is 11.7. The van der Waals surface area contributed by atoms with E-state index in [4.69, 9.17) is 0 Å². The van der Waals surface area contributed by atoms with E-state index in [9.17, 15) is 5.11 Å². The summed E-state index contributed by atoms with van der Waals surface area (Å²) in [7, 11) is 0. The fraction of sp³-hybridized carbons (Fsp3) is 0.583. The molecule has 0 aliphatic heterocycles. The predicted molar refractivity (Wildman–Crippen MR) is 118 cm³/mol. The van der Waals surface area contributed by atoms with Crippen molar-refractivity contribution in [3.63, 3.8) is 0 Å². The van der Waals surface area contributed by atoms with Gasteiger partial charge in [0.2, 0.25) is 0 Å². The standard InChI is InChI=1S/C24H36OS/c1-4-5-6-7-8-9-10-11-12-13-19(2)20-14-15-21-17-23(25)24(26-3)18-22(21)16-20/h14-19,25H,4-13H2,1-3H3. The molecule has 0 aliphatic rings. The molecule has 0 aromatic heterocycles. The highest BCUT2D eigenvalue weighted by molar-refractivity contribution is 7.98. The summed E-state index contributed by atoms with van der Waals surface area (Å²) in [6.45, 7) is 4.63. The van der Waals surface area contributed by atoms with Gasteiger partial charge < -0.3 is 5.11 Å². The van der Waals surface area contributed by atoms with Crippen molar-refractivity contribution in [2.24, 2.45) is 0 Å². The number of benzene rings is 2. The Morgan fingerprint density at radius 3 is 2.15 bits per heavy atom. The lowest BCUT2D eigenvalue weighted by Crippen LogP contribution is -1.94. The van der Waals surface area contributed by atoms with E-state index in [1.54, 1.807) is 11.8 Å². The third-order valence-corrected chi connectivity index (χ3v) is 6.24. The third-order valence-electron chi connectivity index (χ3n) is 5.47. The third kappa shape index (κ3) is 6.54. The average Bonchev–Trinajstić information content (AvgIpc) is 2.65. The highest BCUT2D eigenvalue weighted by Crippen LogP contribution is 2.33. The van der Waals surface area contributed by atoms with Gasteiger partial charge in [-0.1, -0.05) is 89.8 Å². The number of hydrogen-bond donors (Lipinski definition) is 1. The van der Waals surface area contributed by atoms with Crippen molar-refractivity contribution in [2.75, 3.05) is 6.26 Å². The van der Waals surface area contributed by atoms with Crippen LogP contribution in [0, 0.1) is 0 Å². The fourth-order valence-electron chi connectivity index (χ4n) is 3.68. The second kappa shape index (κ2) is 11.5. The second-order valence-corrected chi connectivity index (χ2v) is 8.50. The lowest BCUT2D eigenvalue weighted by molar-refractivity contribution is 0.463. The van der Waals surface area contributed by atoms with Crippen molar-refractivity contribution in [1.29, 1.82) is 0 Å². The molecule has 2 aromatic rings. The molecule has 1 unspecified atom stereocenters. The number of hydrogen-bond acceptors (Lipinski definition) is 2. The zero-order chi connectivity index (χ0) is 18.8. The zero-order valence-electron chi connectivity index (χ0n) is 16.9. The van der Waals surface area contributed by atoms with Gasteiger partial charge in [-0.15, -0.1) is 11.8 Å². The molecule has 2 rings (SSSR count). The van der Waals surface area contributed by atoms with Crippen molar-refractivity contribution < 1.29 is 5.11 Å². The molecule has 0 amide bonds. The first kappa shape index (κ1) is 21.2. The molecule has 1 atom stereocenters. The molecule has 1 N–H and O–H groups in total. The largest absolute Gasteiger partial charge is 0.507 e. The van der Waals surface area contributed by atoms with E-state index in [2.05, 4.69) is 38.1 Å². The van der Waals surface area contributed by atoms with Crippen molar-refractivity contribution in [1.82, 2.24) is 0 Å². The van der Waals surface area contributed by atoms with Crippen molar-refractivity contribution in [3.05, 3.63) is 35.9 Å². The van der Waals surface area contributed by atoms with E-state index in [-0.39, 0.29) is 0 Å². The Morgan fingerprint density at radius 2 is 1.50 bits per heavy atom. The van der Waals surface area contributed by atoms with Gasteiger partial charge in [0, 0.05) is 4.90 Å². The van der Waals surface area contributed by atoms with Gasteiger partial charge in [0.15, 0.2) is 0 Å². The quantitative estimate of drug-likeness (QED) is 0.299. The zero-order valence-corrected chi connectivity index (χ0v) is 17.7. The first-order chi connectivity index (χ1) is 12.7. The summed E-state index contributed by atoms with van der Waals surface area (Å²) in [6.07, 6.45) is 15.8. The summed E-state index contributed by atoms with van der Waals surface area (Å²) in [5.74, 6) is 0.996. The monoisotopic (exact) mass is 372 g/mol. The highest BCUT2D eigenvalue weighted by atomic mass is 32.2. The number of phenolic OH excluding ortho intramolecular Hbond substituents is 1. The van der Waals surface area contributed by atoms with Crippen molar-refractivity contribution in [3.8, 4) is 5.75 Å². The molecular weight excluding hydrogens is 336 g/mol. The molecule has 0 spiro atoms. The Labute approximate surface area is 164 Å². The minimum absolute atomic E-state index is 0.389. The molecule has 2 aromatic carbocycles. The van der Waals surface area contributed by atoms with Gasteiger partial charge in [0.25, 0.3) is 0 Å². The van der Waals surface area contributed by atoms with Gasteiger partial charge in [0.05, 0.1) is 0 Å². The number of rotatable bonds is 12. The number of aromatic hydroxyl groups is 1. The SMILES string of the molecule is CCCCCCCCCCCC(C)c1ccc2cc(O)c(SC)cc2c1. The van der Waals surface area contributed by atoms with Crippen molar-refractivity contribution >= 4 is 22.5 Å². The Kier molecular flexibility index (Phi) is 9.39. The van der Waals surface area contributed by atoms with E-state index in [1.165, 1.54) is 75.2 Å². The molecule has 1 nitrogen and oxygen atoms in total. The number of phenols is 1. The molecule has 0 fully saturated rings. The number of fused-ring (bicyclic) bond motifs is 1. The average molecular weight is 373 g/mol. The summed E-state index contributed by atoms with van der Waals surface area (Å²) in [4.78, 5) is 0.959. The molecule has 0 bridgehead atoms. The van der Waals surface area contributed by atoms with Crippen molar-refractivity contribution in [2.45, 2.75) is 88.9 Å². The minimum Gasteiger partial charge on any atom is -0.507 e. The summed E-state index contributed by atoms with van der Waals surface area (Å²) < 4.78 is 0. The van der Waals surface area contributed by atoms with Crippen LogP contribution in [0.4, 0.5) is 0 Å². The van der Waals surface area contributed by atoms with Crippen LogP contribution >= 0.6 is 11.8 Å². The number of thioether (sulfide) groups is 1. The Balaban J connectivity index is 1.77. The maximum atomic E-state index is 10.0. The van der Waals surface area contributed by atoms with Crippen LogP contribution in [0.3, 0.4) is 0 Å². The van der Waals surface area contributed by atoms with Crippen LogP contribution in [0.25, 0.3) is 10.8 Å². The van der Waals surface area contributed by atoms with Gasteiger partial charge in [0.1, 0.15) is 5.75 Å². The van der Waals surface area contributed by atoms with E-state index in [0.717, 1.165) is 10.3 Å². The predicted octanol–water partition coefficient (Wildman–Crippen LogP) is 8.29. The van der Waals surface area contributed by atoms with Crippen LogP contribution < -0.4 is 0 Å². The summed E-state index contributed by atoms with van der Waals surface area (Å²) in [5, 5.41) is 12.4. The molecule has 0 saturated heterocycles. The summed E-state index contributed by atoms with van der Waals surface area (Å²) in [6, 6.07) is 10.7. The van der Waals surface area contributed by atoms with Crippen LogP contribution in [0.15, 0.2) is 35.2 Å². The van der Waals surface area contributed by atoms with Gasteiger partial charge in [-0.25, -0.2) is 0 Å². The highest BCUT2D eigenvalue weighted by Gasteiger charge is 2.08. The topological polar surface area (TPSA) is 20.2 Å². The van der Waals surface area contributed by atoms with Crippen LogP contribution in [-0.2, 0) is 0 Å². The van der Waals surface area contributed by atoms with E-state index >= 15 is 0 Å². The van der Waals surface area contributed by atoms with E-state index in [1.807, 2.05) is 12.3 Å². The molecule has 2 heteroatoms. The van der Waals surface area contributed by atoms with Crippen LogP contribution in [0.2, 0.25) is 0 Å². The first-order valence-electron chi connectivity index (χ1n) is 10.5. The van der Waals surface area contributed by atoms with Crippen LogP contribution in [0.1, 0.15) is 89.5 Å². The van der Waals surface area contributed by atoms with Gasteiger partial charge >= 0.3 is 0 Å². The summed E-state index contributed by atoms with van der Waals surface area (Å²) >= 11 is 1.60. The van der Waals surface area contributed by atoms with E-state index < -0.39 is 0 Å². The van der Waals surface area contributed by atoms with Gasteiger partial charge in [-0.2, -0.15) is 0 Å². The maximum absolute atomic E-state index is 10.0. The lowest BCUT2D eigenvalue weighted by Gasteiger charge is -2.13. The Bertz CT molecular complexity index is 665. The minimum atomic E-state index is 0.389. The van der Waals surface area contributed by atoms with Gasteiger partial charge in [-0.05, 0) is 47.1 Å². The molecule has 0 aliphatic carbocycles. The van der Waals surface area contributed by atoms with E-state index in [0.29, 0.717) is 11.7 Å². The Hall–Kier alpha value is -1.15. The smallest absolute Gasteiger partial charge is 0.129 e. The maximum Gasteiger partial charge on any atom is 0.129 e. The molecule has 0 radical (unpaired) electrons. The summed E-state index contributed by atoms with van der Waals surface area (Å²) in [5.41, 5.74) is 1.43. The van der Waals surface area contributed by atoms with Crippen LogP contribution in [-0.4, -0.2) is 11.4 Å². The fourth-order valence-corrected chi connectivity index (χ4v) is 4.19. The molecule has 0 saturated carbocycles. The molecule has 0 heterocycles. The number of unbranched alkanes of at least 4 members (excludes halogenated alkanes) is 8. The van der Waals surface area contributed by atoms with Crippen LogP contribution in [0.5, 0.6) is 5.75 Å². The second-order valence-electron chi connectivity index (χ2n) is 7.65. The normalized spacial score (nSPS) is 12.6. The Morgan fingerprint density at radius 1 is 0.846 bits per heavy atom. The molecule has 144 valence electrons. The van der Waals surface area contributed by atoms with Gasteiger partial charge in [-0.3, -0.25) is 0 Å².